The number of esters is 1. The standard InChI is InChI=1S/C70H131NO5/c1-3-5-7-9-11-13-15-17-35-40-44-48-52-56-60-64-70(75)76-65-61-57-53-49-45-41-37-34-32-30-28-26-24-22-20-18-19-21-23-25-27-29-31-33-36-39-43-47-51-55-59-63-69(74)71-67(66-72)68(73)62-58-54-50-46-42-38-16-14-12-10-8-6-4-2/h11,13,17,20,22,35,58,62,67-68,72-73H,3-10,12,14-16,18-19,21,23-34,36-57,59-61,63-66H2,1-2H3,(H,71,74)/b13-11-,22-20-,35-17-,62-58+. The highest BCUT2D eigenvalue weighted by molar-refractivity contribution is 5.76. The fourth-order valence-corrected chi connectivity index (χ4v) is 10.4. The van der Waals surface area contributed by atoms with Gasteiger partial charge in [0.15, 0.2) is 0 Å². The quantitative estimate of drug-likeness (QED) is 0.0320. The second kappa shape index (κ2) is 65.3. The third-order valence-corrected chi connectivity index (χ3v) is 15.6. The number of rotatable bonds is 63. The lowest BCUT2D eigenvalue weighted by Gasteiger charge is -2.20. The van der Waals surface area contributed by atoms with E-state index in [0.29, 0.717) is 19.4 Å². The molecule has 0 aromatic rings. The van der Waals surface area contributed by atoms with Gasteiger partial charge in [0.2, 0.25) is 5.91 Å². The Balaban J connectivity index is 3.37. The van der Waals surface area contributed by atoms with Crippen LogP contribution in [0.25, 0.3) is 0 Å². The van der Waals surface area contributed by atoms with Gasteiger partial charge in [0.05, 0.1) is 25.4 Å². The predicted octanol–water partition coefficient (Wildman–Crippen LogP) is 21.7. The molecule has 446 valence electrons. The van der Waals surface area contributed by atoms with Gasteiger partial charge in [-0.1, -0.05) is 306 Å². The van der Waals surface area contributed by atoms with E-state index in [1.807, 2.05) is 6.08 Å². The number of carbonyl (C=O) groups excluding carboxylic acids is 2. The summed E-state index contributed by atoms with van der Waals surface area (Å²) < 4.78 is 5.48. The minimum absolute atomic E-state index is 0.00321. The van der Waals surface area contributed by atoms with E-state index in [-0.39, 0.29) is 18.5 Å². The summed E-state index contributed by atoms with van der Waals surface area (Å²) in [5.41, 5.74) is 0. The molecular formula is C70H131NO5. The number of carbonyl (C=O) groups is 2. The molecule has 0 saturated heterocycles. The maximum atomic E-state index is 12.5. The van der Waals surface area contributed by atoms with Gasteiger partial charge in [-0.25, -0.2) is 0 Å². The summed E-state index contributed by atoms with van der Waals surface area (Å²) in [6, 6.07) is -0.626. The van der Waals surface area contributed by atoms with Crippen molar-refractivity contribution in [1.82, 2.24) is 5.32 Å². The molecule has 0 aliphatic rings. The number of nitrogens with one attached hydrogen (secondary N) is 1. The van der Waals surface area contributed by atoms with Crippen molar-refractivity contribution >= 4 is 11.9 Å². The Morgan fingerprint density at radius 3 is 1.04 bits per heavy atom. The molecule has 0 aliphatic heterocycles. The highest BCUT2D eigenvalue weighted by Crippen LogP contribution is 2.18. The zero-order chi connectivity index (χ0) is 55.0. The molecule has 2 unspecified atom stereocenters. The Morgan fingerprint density at radius 1 is 0.368 bits per heavy atom. The lowest BCUT2D eigenvalue weighted by Crippen LogP contribution is -2.45. The van der Waals surface area contributed by atoms with Crippen LogP contribution in [0.5, 0.6) is 0 Å². The smallest absolute Gasteiger partial charge is 0.305 e. The summed E-state index contributed by atoms with van der Waals surface area (Å²) in [6.07, 6.45) is 84.7. The van der Waals surface area contributed by atoms with Crippen LogP contribution in [0.2, 0.25) is 0 Å². The fraction of sp³-hybridized carbons (Fsp3) is 0.857. The normalized spacial score (nSPS) is 12.8. The number of aliphatic hydroxyl groups excluding tert-OH is 2. The first-order chi connectivity index (χ1) is 37.5. The Morgan fingerprint density at radius 2 is 0.658 bits per heavy atom. The second-order valence-corrected chi connectivity index (χ2v) is 23.1. The molecule has 0 aromatic carbocycles. The summed E-state index contributed by atoms with van der Waals surface area (Å²) in [6.45, 7) is 4.88. The van der Waals surface area contributed by atoms with Crippen LogP contribution in [-0.2, 0) is 14.3 Å². The molecular weight excluding hydrogens is 935 g/mol. The van der Waals surface area contributed by atoms with Crippen molar-refractivity contribution in [2.45, 2.75) is 373 Å². The van der Waals surface area contributed by atoms with Crippen LogP contribution in [0.15, 0.2) is 48.6 Å². The third kappa shape index (κ3) is 61.0. The minimum Gasteiger partial charge on any atom is -0.466 e. The second-order valence-electron chi connectivity index (χ2n) is 23.1. The van der Waals surface area contributed by atoms with Gasteiger partial charge in [-0.3, -0.25) is 9.59 Å². The van der Waals surface area contributed by atoms with Gasteiger partial charge in [0, 0.05) is 12.8 Å². The van der Waals surface area contributed by atoms with Crippen molar-refractivity contribution in [3.05, 3.63) is 48.6 Å². The summed E-state index contributed by atoms with van der Waals surface area (Å²) in [5.74, 6) is -0.0621. The lowest BCUT2D eigenvalue weighted by molar-refractivity contribution is -0.143. The Kier molecular flexibility index (Phi) is 63.5. The van der Waals surface area contributed by atoms with Crippen molar-refractivity contribution in [2.24, 2.45) is 0 Å². The monoisotopic (exact) mass is 1070 g/mol. The molecule has 0 aromatic heterocycles. The average Bonchev–Trinajstić information content (AvgIpc) is 3.42. The highest BCUT2D eigenvalue weighted by Gasteiger charge is 2.18. The zero-order valence-corrected chi connectivity index (χ0v) is 51.0. The largest absolute Gasteiger partial charge is 0.466 e. The number of allylic oxidation sites excluding steroid dienone is 7. The van der Waals surface area contributed by atoms with E-state index in [0.717, 1.165) is 51.4 Å². The third-order valence-electron chi connectivity index (χ3n) is 15.6. The van der Waals surface area contributed by atoms with Crippen LogP contribution in [0.1, 0.15) is 361 Å². The van der Waals surface area contributed by atoms with Crippen LogP contribution in [0, 0.1) is 0 Å². The van der Waals surface area contributed by atoms with Crippen molar-refractivity contribution in [1.29, 1.82) is 0 Å². The first-order valence-corrected chi connectivity index (χ1v) is 33.9. The van der Waals surface area contributed by atoms with Crippen molar-refractivity contribution in [2.75, 3.05) is 13.2 Å². The maximum absolute atomic E-state index is 12.5. The van der Waals surface area contributed by atoms with Crippen LogP contribution in [0.4, 0.5) is 0 Å². The number of amides is 1. The number of unbranched alkanes of at least 4 members (excludes halogenated alkanes) is 46. The molecule has 1 amide bonds. The Bertz CT molecular complexity index is 1270. The molecule has 0 saturated carbocycles. The van der Waals surface area contributed by atoms with Gasteiger partial charge in [-0.05, 0) is 89.9 Å². The van der Waals surface area contributed by atoms with Gasteiger partial charge in [0.25, 0.3) is 0 Å². The SMILES string of the molecule is CCCCC/C=C\C/C=C\CCCCCCCC(=O)OCCCCCCCCCCCCCC/C=C\CCCCCCCCCCCCCCCCCC(=O)NC(CO)C(O)/C=C/CCCCCCCCCCCCC. The molecule has 2 atom stereocenters. The summed E-state index contributed by atoms with van der Waals surface area (Å²) in [5, 5.41) is 23.1. The van der Waals surface area contributed by atoms with Gasteiger partial charge in [-0.2, -0.15) is 0 Å². The van der Waals surface area contributed by atoms with Gasteiger partial charge in [-0.15, -0.1) is 0 Å². The molecule has 3 N–H and O–H groups in total. The van der Waals surface area contributed by atoms with Crippen LogP contribution < -0.4 is 5.32 Å². The number of hydrogen-bond donors (Lipinski definition) is 3. The van der Waals surface area contributed by atoms with E-state index in [2.05, 4.69) is 55.6 Å². The number of ether oxygens (including phenoxy) is 1. The molecule has 0 radical (unpaired) electrons. The molecule has 0 bridgehead atoms. The highest BCUT2D eigenvalue weighted by atomic mass is 16.5. The molecule has 6 heteroatoms. The van der Waals surface area contributed by atoms with E-state index in [1.54, 1.807) is 6.08 Å². The van der Waals surface area contributed by atoms with E-state index in [9.17, 15) is 19.8 Å². The number of hydrogen-bond acceptors (Lipinski definition) is 5. The van der Waals surface area contributed by atoms with Crippen LogP contribution in [0.3, 0.4) is 0 Å². The molecule has 76 heavy (non-hydrogen) atoms. The number of aliphatic hydroxyl groups is 2. The lowest BCUT2D eigenvalue weighted by atomic mass is 10.0. The van der Waals surface area contributed by atoms with Crippen molar-refractivity contribution in [3.8, 4) is 0 Å². The zero-order valence-electron chi connectivity index (χ0n) is 51.0. The van der Waals surface area contributed by atoms with Crippen LogP contribution >= 0.6 is 0 Å². The van der Waals surface area contributed by atoms with Gasteiger partial charge in [0.1, 0.15) is 0 Å². The molecule has 0 heterocycles. The molecule has 6 nitrogen and oxygen atoms in total. The first kappa shape index (κ1) is 73.8. The Hall–Kier alpha value is -2.18. The van der Waals surface area contributed by atoms with E-state index >= 15 is 0 Å². The maximum Gasteiger partial charge on any atom is 0.305 e. The molecule has 0 spiro atoms. The van der Waals surface area contributed by atoms with Crippen molar-refractivity contribution < 1.29 is 24.5 Å². The Labute approximate surface area is 474 Å². The molecule has 0 rings (SSSR count). The average molecular weight is 1070 g/mol. The van der Waals surface area contributed by atoms with E-state index in [1.165, 1.54) is 283 Å². The predicted molar refractivity (Wildman–Crippen MR) is 333 cm³/mol. The summed E-state index contributed by atoms with van der Waals surface area (Å²) in [7, 11) is 0. The van der Waals surface area contributed by atoms with Gasteiger partial charge < -0.3 is 20.3 Å². The topological polar surface area (TPSA) is 95.9 Å². The van der Waals surface area contributed by atoms with E-state index < -0.39 is 12.1 Å². The molecule has 0 aliphatic carbocycles. The molecule has 0 fully saturated rings. The minimum atomic E-state index is -0.842. The summed E-state index contributed by atoms with van der Waals surface area (Å²) in [4.78, 5) is 24.5. The van der Waals surface area contributed by atoms with E-state index in [4.69, 9.17) is 4.74 Å². The fourth-order valence-electron chi connectivity index (χ4n) is 10.4. The van der Waals surface area contributed by atoms with Crippen molar-refractivity contribution in [3.63, 3.8) is 0 Å². The van der Waals surface area contributed by atoms with Crippen LogP contribution in [-0.4, -0.2) is 47.4 Å². The first-order valence-electron chi connectivity index (χ1n) is 33.9. The summed E-state index contributed by atoms with van der Waals surface area (Å²) >= 11 is 0. The van der Waals surface area contributed by atoms with Gasteiger partial charge >= 0.3 is 5.97 Å².